The van der Waals surface area contributed by atoms with Crippen molar-refractivity contribution in [2.45, 2.75) is 18.9 Å². The average Bonchev–Trinajstić information content (AvgIpc) is 3.07. The lowest BCUT2D eigenvalue weighted by atomic mass is 10.5. The first kappa shape index (κ1) is 11.1. The smallest absolute Gasteiger partial charge is 0.263 e. The molecule has 2 N–H and O–H groups in total. The van der Waals surface area contributed by atoms with Gasteiger partial charge in [-0.15, -0.1) is 0 Å². The Morgan fingerprint density at radius 1 is 1.28 bits per heavy atom. The third kappa shape index (κ3) is 2.62. The summed E-state index contributed by atoms with van der Waals surface area (Å²) in [6.07, 6.45) is 7.00. The number of carbonyl (C=O) groups is 1. The number of amides is 1. The van der Waals surface area contributed by atoms with E-state index in [-0.39, 0.29) is 5.91 Å². The number of hydrogen-bond donors (Lipinski definition) is 2. The number of carbonyl (C=O) groups excluding carboxylic acids is 1. The van der Waals surface area contributed by atoms with Crippen LogP contribution in [0.2, 0.25) is 0 Å². The highest BCUT2D eigenvalue weighted by molar-refractivity contribution is 7.17. The molecule has 92 valence electrons. The number of hydrogen-bond acceptors (Lipinski definition) is 6. The SMILES string of the molecule is O=C(NC1CC1)c1cnc(Nc2ncccn2)s1. The second-order valence-corrected chi connectivity index (χ2v) is 5.01. The lowest BCUT2D eigenvalue weighted by molar-refractivity contribution is 0.0955. The van der Waals surface area contributed by atoms with Gasteiger partial charge in [0, 0.05) is 18.4 Å². The van der Waals surface area contributed by atoms with Crippen LogP contribution < -0.4 is 10.6 Å². The summed E-state index contributed by atoms with van der Waals surface area (Å²) in [5, 5.41) is 6.49. The number of nitrogens with one attached hydrogen (secondary N) is 2. The van der Waals surface area contributed by atoms with Crippen LogP contribution in [0.3, 0.4) is 0 Å². The standard InChI is InChI=1S/C11H11N5OS/c17-9(15-7-2-3-7)8-6-14-11(18-8)16-10-12-4-1-5-13-10/h1,4-7H,2-3H2,(H,15,17)(H,12,13,14,16). The van der Waals surface area contributed by atoms with Crippen molar-refractivity contribution in [2.75, 3.05) is 5.32 Å². The van der Waals surface area contributed by atoms with Crippen molar-refractivity contribution in [3.05, 3.63) is 29.5 Å². The van der Waals surface area contributed by atoms with Gasteiger partial charge < -0.3 is 10.6 Å². The van der Waals surface area contributed by atoms with Crippen molar-refractivity contribution < 1.29 is 4.79 Å². The van der Waals surface area contributed by atoms with E-state index in [9.17, 15) is 4.79 Å². The van der Waals surface area contributed by atoms with Crippen LogP contribution in [-0.4, -0.2) is 26.9 Å². The van der Waals surface area contributed by atoms with E-state index in [1.807, 2.05) is 0 Å². The summed E-state index contributed by atoms with van der Waals surface area (Å²) >= 11 is 1.29. The molecule has 1 aliphatic carbocycles. The zero-order valence-electron chi connectivity index (χ0n) is 9.46. The van der Waals surface area contributed by atoms with Crippen molar-refractivity contribution in [1.29, 1.82) is 0 Å². The number of rotatable bonds is 4. The predicted octanol–water partition coefficient (Wildman–Crippen LogP) is 1.57. The molecule has 1 saturated carbocycles. The van der Waals surface area contributed by atoms with Crippen molar-refractivity contribution in [1.82, 2.24) is 20.3 Å². The summed E-state index contributed by atoms with van der Waals surface area (Å²) in [5.74, 6) is 0.415. The number of thiazole rings is 1. The molecule has 1 fully saturated rings. The van der Waals surface area contributed by atoms with Crippen LogP contribution in [0.25, 0.3) is 0 Å². The molecule has 1 amide bonds. The molecule has 1 aliphatic rings. The maximum atomic E-state index is 11.8. The molecule has 6 nitrogen and oxygen atoms in total. The third-order valence-electron chi connectivity index (χ3n) is 2.43. The monoisotopic (exact) mass is 261 g/mol. The van der Waals surface area contributed by atoms with Crippen LogP contribution in [0.5, 0.6) is 0 Å². The minimum absolute atomic E-state index is 0.0583. The molecule has 0 bridgehead atoms. The molecule has 0 saturated heterocycles. The van der Waals surface area contributed by atoms with E-state index < -0.39 is 0 Å². The highest BCUT2D eigenvalue weighted by Gasteiger charge is 2.24. The van der Waals surface area contributed by atoms with Crippen LogP contribution in [0.4, 0.5) is 11.1 Å². The van der Waals surface area contributed by atoms with E-state index in [0.29, 0.717) is 22.0 Å². The van der Waals surface area contributed by atoms with Crippen molar-refractivity contribution in [3.63, 3.8) is 0 Å². The first-order valence-electron chi connectivity index (χ1n) is 5.62. The summed E-state index contributed by atoms with van der Waals surface area (Å²) in [4.78, 5) is 24.5. The Morgan fingerprint density at radius 2 is 2.06 bits per heavy atom. The van der Waals surface area contributed by atoms with Gasteiger partial charge in [-0.2, -0.15) is 0 Å². The summed E-state index contributed by atoms with van der Waals surface area (Å²) in [6.45, 7) is 0. The van der Waals surface area contributed by atoms with Gasteiger partial charge in [0.25, 0.3) is 5.91 Å². The highest BCUT2D eigenvalue weighted by Crippen LogP contribution is 2.23. The van der Waals surface area contributed by atoms with E-state index in [0.717, 1.165) is 12.8 Å². The Balaban J connectivity index is 1.67. The quantitative estimate of drug-likeness (QED) is 0.873. The van der Waals surface area contributed by atoms with Gasteiger partial charge in [-0.3, -0.25) is 4.79 Å². The van der Waals surface area contributed by atoms with Crippen molar-refractivity contribution in [3.8, 4) is 0 Å². The van der Waals surface area contributed by atoms with Crippen LogP contribution in [-0.2, 0) is 0 Å². The maximum Gasteiger partial charge on any atom is 0.263 e. The summed E-state index contributed by atoms with van der Waals surface area (Å²) in [7, 11) is 0. The van der Waals surface area contributed by atoms with Gasteiger partial charge in [0.1, 0.15) is 4.88 Å². The molecule has 0 spiro atoms. The topological polar surface area (TPSA) is 79.8 Å². The zero-order chi connectivity index (χ0) is 12.4. The van der Waals surface area contributed by atoms with E-state index in [4.69, 9.17) is 0 Å². The molecule has 18 heavy (non-hydrogen) atoms. The second kappa shape index (κ2) is 4.69. The molecular formula is C11H11N5OS. The highest BCUT2D eigenvalue weighted by atomic mass is 32.1. The first-order valence-corrected chi connectivity index (χ1v) is 6.43. The Labute approximate surface area is 108 Å². The summed E-state index contributed by atoms with van der Waals surface area (Å²) in [6, 6.07) is 2.09. The molecule has 0 atom stereocenters. The third-order valence-corrected chi connectivity index (χ3v) is 3.34. The number of aromatic nitrogens is 3. The van der Waals surface area contributed by atoms with Gasteiger partial charge in [-0.05, 0) is 18.9 Å². The van der Waals surface area contributed by atoms with Crippen LogP contribution in [0.15, 0.2) is 24.7 Å². The van der Waals surface area contributed by atoms with Crippen molar-refractivity contribution >= 4 is 28.3 Å². The molecule has 0 unspecified atom stereocenters. The lowest BCUT2D eigenvalue weighted by Gasteiger charge is -1.99. The Kier molecular flexibility index (Phi) is 2.89. The molecule has 3 rings (SSSR count). The molecule has 2 aromatic rings. The molecule has 0 aliphatic heterocycles. The van der Waals surface area contributed by atoms with Gasteiger partial charge in [-0.1, -0.05) is 11.3 Å². The Bertz CT molecular complexity index is 552. The molecular weight excluding hydrogens is 250 g/mol. The van der Waals surface area contributed by atoms with Gasteiger partial charge in [-0.25, -0.2) is 15.0 Å². The summed E-state index contributed by atoms with van der Waals surface area (Å²) in [5.41, 5.74) is 0. The van der Waals surface area contributed by atoms with Crippen LogP contribution in [0.1, 0.15) is 22.5 Å². The van der Waals surface area contributed by atoms with Crippen LogP contribution in [0, 0.1) is 0 Å². The minimum Gasteiger partial charge on any atom is -0.349 e. The lowest BCUT2D eigenvalue weighted by Crippen LogP contribution is -2.24. The molecule has 0 radical (unpaired) electrons. The average molecular weight is 261 g/mol. The van der Waals surface area contributed by atoms with E-state index in [1.165, 1.54) is 11.3 Å². The predicted molar refractivity (Wildman–Crippen MR) is 67.9 cm³/mol. The van der Waals surface area contributed by atoms with Crippen LogP contribution >= 0.6 is 11.3 Å². The van der Waals surface area contributed by atoms with E-state index >= 15 is 0 Å². The van der Waals surface area contributed by atoms with Gasteiger partial charge in [0.2, 0.25) is 5.95 Å². The van der Waals surface area contributed by atoms with Gasteiger partial charge in [0.05, 0.1) is 6.20 Å². The maximum absolute atomic E-state index is 11.8. The fourth-order valence-electron chi connectivity index (χ4n) is 1.38. The second-order valence-electron chi connectivity index (χ2n) is 3.97. The first-order chi connectivity index (χ1) is 8.81. The normalized spacial score (nSPS) is 14.2. The molecule has 2 heterocycles. The fraction of sp³-hybridized carbons (Fsp3) is 0.273. The van der Waals surface area contributed by atoms with E-state index in [2.05, 4.69) is 25.6 Å². The van der Waals surface area contributed by atoms with Crippen molar-refractivity contribution in [2.24, 2.45) is 0 Å². The number of anilines is 2. The fourth-order valence-corrected chi connectivity index (χ4v) is 2.09. The molecule has 2 aromatic heterocycles. The largest absolute Gasteiger partial charge is 0.349 e. The molecule has 7 heteroatoms. The Morgan fingerprint density at radius 3 is 2.78 bits per heavy atom. The van der Waals surface area contributed by atoms with Gasteiger partial charge >= 0.3 is 0 Å². The van der Waals surface area contributed by atoms with Gasteiger partial charge in [0.15, 0.2) is 5.13 Å². The molecule has 0 aromatic carbocycles. The summed E-state index contributed by atoms with van der Waals surface area (Å²) < 4.78 is 0. The minimum atomic E-state index is -0.0583. The number of nitrogens with zero attached hydrogens (tertiary/aromatic N) is 3. The van der Waals surface area contributed by atoms with E-state index in [1.54, 1.807) is 24.7 Å². The zero-order valence-corrected chi connectivity index (χ0v) is 10.3. The Hall–Kier alpha value is -2.02.